The predicted molar refractivity (Wildman–Crippen MR) is 86.3 cm³/mol. The van der Waals surface area contributed by atoms with Gasteiger partial charge in [-0.25, -0.2) is 0 Å². The number of likely N-dealkylation sites (tertiary alicyclic amines) is 1. The van der Waals surface area contributed by atoms with Crippen molar-refractivity contribution in [3.8, 4) is 5.75 Å². The third-order valence-electron chi connectivity index (χ3n) is 4.42. The first-order chi connectivity index (χ1) is 10.0. The van der Waals surface area contributed by atoms with Gasteiger partial charge in [0.1, 0.15) is 5.75 Å². The quantitative estimate of drug-likeness (QED) is 0.773. The van der Waals surface area contributed by atoms with E-state index in [2.05, 4.69) is 25.7 Å². The van der Waals surface area contributed by atoms with E-state index in [4.69, 9.17) is 4.74 Å². The van der Waals surface area contributed by atoms with Crippen LogP contribution in [0.15, 0.2) is 18.2 Å². The number of Topliss-reactive ketones (excluding diaryl/α,β-unsaturated/α-hetero) is 1. The van der Waals surface area contributed by atoms with E-state index >= 15 is 0 Å². The van der Waals surface area contributed by atoms with Gasteiger partial charge in [-0.1, -0.05) is 20.8 Å². The van der Waals surface area contributed by atoms with Crippen LogP contribution in [0, 0.1) is 5.92 Å². The largest absolute Gasteiger partial charge is 0.497 e. The van der Waals surface area contributed by atoms with Crippen molar-refractivity contribution in [3.63, 3.8) is 0 Å². The number of ether oxygens (including phenoxy) is 1. The molecule has 3 heteroatoms. The van der Waals surface area contributed by atoms with Crippen molar-refractivity contribution in [1.82, 2.24) is 4.90 Å². The van der Waals surface area contributed by atoms with Gasteiger partial charge in [0.05, 0.1) is 13.7 Å². The second kappa shape index (κ2) is 7.08. The highest BCUT2D eigenvalue weighted by atomic mass is 16.5. The zero-order chi connectivity index (χ0) is 15.4. The molecule has 0 aliphatic carbocycles. The van der Waals surface area contributed by atoms with Crippen LogP contribution in [0.3, 0.4) is 0 Å². The molecule has 1 aliphatic rings. The minimum Gasteiger partial charge on any atom is -0.497 e. The van der Waals surface area contributed by atoms with Crippen molar-refractivity contribution in [3.05, 3.63) is 29.3 Å². The molecule has 0 N–H and O–H groups in total. The van der Waals surface area contributed by atoms with Gasteiger partial charge in [0, 0.05) is 5.56 Å². The minimum atomic E-state index is 0.232. The molecule has 0 radical (unpaired) electrons. The normalized spacial score (nSPS) is 17.2. The summed E-state index contributed by atoms with van der Waals surface area (Å²) in [7, 11) is 1.66. The summed E-state index contributed by atoms with van der Waals surface area (Å²) in [5, 5.41) is 0. The van der Waals surface area contributed by atoms with E-state index in [0.29, 0.717) is 12.5 Å². The van der Waals surface area contributed by atoms with Gasteiger partial charge in [0.15, 0.2) is 5.78 Å². The number of piperidine rings is 1. The van der Waals surface area contributed by atoms with E-state index in [1.165, 1.54) is 12.8 Å². The molecule has 1 saturated heterocycles. The molecule has 0 atom stereocenters. The Bertz CT molecular complexity index is 488. The van der Waals surface area contributed by atoms with Crippen molar-refractivity contribution in [2.75, 3.05) is 26.7 Å². The number of rotatable bonds is 5. The van der Waals surface area contributed by atoms with Crippen LogP contribution >= 0.6 is 0 Å². The topological polar surface area (TPSA) is 29.5 Å². The van der Waals surface area contributed by atoms with Gasteiger partial charge >= 0.3 is 0 Å². The number of carbonyl (C=O) groups is 1. The number of hydrogen-bond donors (Lipinski definition) is 0. The molecular weight excluding hydrogens is 262 g/mol. The molecule has 1 aliphatic heterocycles. The van der Waals surface area contributed by atoms with Crippen LogP contribution in [0.5, 0.6) is 5.75 Å². The molecule has 0 spiro atoms. The summed E-state index contributed by atoms with van der Waals surface area (Å²) in [6, 6.07) is 5.80. The van der Waals surface area contributed by atoms with E-state index in [9.17, 15) is 4.79 Å². The lowest BCUT2D eigenvalue weighted by molar-refractivity contribution is 0.0898. The number of benzene rings is 1. The molecule has 2 rings (SSSR count). The van der Waals surface area contributed by atoms with Gasteiger partial charge in [-0.15, -0.1) is 0 Å². The summed E-state index contributed by atoms with van der Waals surface area (Å²) < 4.78 is 5.28. The summed E-state index contributed by atoms with van der Waals surface area (Å²) in [4.78, 5) is 14.9. The minimum absolute atomic E-state index is 0.232. The van der Waals surface area contributed by atoms with E-state index in [1.807, 2.05) is 18.2 Å². The average Bonchev–Trinajstić information content (AvgIpc) is 2.48. The molecule has 116 valence electrons. The molecule has 1 fully saturated rings. The number of carbonyl (C=O) groups excluding carboxylic acids is 1. The van der Waals surface area contributed by atoms with E-state index in [1.54, 1.807) is 7.11 Å². The highest BCUT2D eigenvalue weighted by Gasteiger charge is 2.21. The van der Waals surface area contributed by atoms with Crippen LogP contribution in [0.4, 0.5) is 0 Å². The summed E-state index contributed by atoms with van der Waals surface area (Å²) >= 11 is 0. The third kappa shape index (κ3) is 4.07. The maximum atomic E-state index is 12.6. The van der Waals surface area contributed by atoms with Crippen molar-refractivity contribution in [2.24, 2.45) is 5.92 Å². The SMILES string of the molecule is COc1ccc(C(=O)CN2CCC(C)CC2)c(C(C)C)c1. The smallest absolute Gasteiger partial charge is 0.177 e. The van der Waals surface area contributed by atoms with Gasteiger partial charge in [0.25, 0.3) is 0 Å². The second-order valence-electron chi connectivity index (χ2n) is 6.49. The van der Waals surface area contributed by atoms with Crippen LogP contribution in [-0.4, -0.2) is 37.4 Å². The molecule has 0 bridgehead atoms. The zero-order valence-corrected chi connectivity index (χ0v) is 13.7. The molecule has 0 aromatic heterocycles. The number of methoxy groups -OCH3 is 1. The maximum Gasteiger partial charge on any atom is 0.177 e. The highest BCUT2D eigenvalue weighted by Crippen LogP contribution is 2.26. The summed E-state index contributed by atoms with van der Waals surface area (Å²) in [5.41, 5.74) is 1.94. The van der Waals surface area contributed by atoms with E-state index < -0.39 is 0 Å². The van der Waals surface area contributed by atoms with Crippen LogP contribution < -0.4 is 4.74 Å². The number of nitrogens with zero attached hydrogens (tertiary/aromatic N) is 1. The van der Waals surface area contributed by atoms with Crippen molar-refractivity contribution in [1.29, 1.82) is 0 Å². The Hall–Kier alpha value is -1.35. The van der Waals surface area contributed by atoms with Crippen molar-refractivity contribution in [2.45, 2.75) is 39.5 Å². The Labute approximate surface area is 128 Å². The Balaban J connectivity index is 2.11. The fraction of sp³-hybridized carbons (Fsp3) is 0.611. The number of ketones is 1. The summed E-state index contributed by atoms with van der Waals surface area (Å²) in [6.07, 6.45) is 2.40. The lowest BCUT2D eigenvalue weighted by Gasteiger charge is -2.29. The first kappa shape index (κ1) is 16.0. The molecule has 1 aromatic carbocycles. The van der Waals surface area contributed by atoms with Gasteiger partial charge in [-0.3, -0.25) is 9.69 Å². The summed E-state index contributed by atoms with van der Waals surface area (Å²) in [6.45, 7) is 9.15. The molecule has 0 saturated carbocycles. The first-order valence-electron chi connectivity index (χ1n) is 7.94. The van der Waals surface area contributed by atoms with Gasteiger partial charge in [-0.05, 0) is 61.5 Å². The highest BCUT2D eigenvalue weighted by molar-refractivity contribution is 5.99. The predicted octanol–water partition coefficient (Wildman–Crippen LogP) is 3.73. The Kier molecular flexibility index (Phi) is 5.40. The Morgan fingerprint density at radius 1 is 1.33 bits per heavy atom. The molecule has 0 amide bonds. The van der Waals surface area contributed by atoms with Crippen LogP contribution in [0.2, 0.25) is 0 Å². The third-order valence-corrected chi connectivity index (χ3v) is 4.42. The molecule has 1 heterocycles. The average molecular weight is 289 g/mol. The van der Waals surface area contributed by atoms with Gasteiger partial charge < -0.3 is 4.74 Å². The van der Waals surface area contributed by atoms with Crippen molar-refractivity contribution >= 4 is 5.78 Å². The Morgan fingerprint density at radius 3 is 2.57 bits per heavy atom. The molecule has 1 aromatic rings. The fourth-order valence-corrected chi connectivity index (χ4v) is 2.91. The lowest BCUT2D eigenvalue weighted by Crippen LogP contribution is -2.37. The van der Waals surface area contributed by atoms with Crippen LogP contribution in [-0.2, 0) is 0 Å². The lowest BCUT2D eigenvalue weighted by atomic mass is 9.93. The van der Waals surface area contributed by atoms with Crippen LogP contribution in [0.25, 0.3) is 0 Å². The molecule has 21 heavy (non-hydrogen) atoms. The fourth-order valence-electron chi connectivity index (χ4n) is 2.91. The van der Waals surface area contributed by atoms with Gasteiger partial charge in [0.2, 0.25) is 0 Å². The maximum absolute atomic E-state index is 12.6. The van der Waals surface area contributed by atoms with Crippen LogP contribution in [0.1, 0.15) is 55.5 Å². The second-order valence-corrected chi connectivity index (χ2v) is 6.49. The molecule has 3 nitrogen and oxygen atoms in total. The van der Waals surface area contributed by atoms with Gasteiger partial charge in [-0.2, -0.15) is 0 Å². The zero-order valence-electron chi connectivity index (χ0n) is 13.7. The standard InChI is InChI=1S/C18H27NO2/c1-13(2)17-11-15(21-4)5-6-16(17)18(20)12-19-9-7-14(3)8-10-19/h5-6,11,13-14H,7-10,12H2,1-4H3. The first-order valence-corrected chi connectivity index (χ1v) is 7.94. The molecular formula is C18H27NO2. The summed E-state index contributed by atoms with van der Waals surface area (Å²) in [5.74, 6) is 2.17. The van der Waals surface area contributed by atoms with Crippen molar-refractivity contribution < 1.29 is 9.53 Å². The van der Waals surface area contributed by atoms with E-state index in [-0.39, 0.29) is 5.78 Å². The number of hydrogen-bond acceptors (Lipinski definition) is 3. The molecule has 0 unspecified atom stereocenters. The monoisotopic (exact) mass is 289 g/mol. The Morgan fingerprint density at radius 2 is 2.00 bits per heavy atom. The van der Waals surface area contributed by atoms with E-state index in [0.717, 1.165) is 35.9 Å².